The summed E-state index contributed by atoms with van der Waals surface area (Å²) in [5.74, 6) is -1.74. The van der Waals surface area contributed by atoms with Crippen LogP contribution in [0.2, 0.25) is 0 Å². The van der Waals surface area contributed by atoms with Gasteiger partial charge in [0.05, 0.1) is 0 Å². The number of halogens is 7. The minimum absolute atomic E-state index is 1.20. The summed E-state index contributed by atoms with van der Waals surface area (Å²) in [6.45, 7) is 0. The van der Waals surface area contributed by atoms with Gasteiger partial charge in [-0.25, -0.2) is 0 Å². The Balaban J connectivity index is 0.000000256. The van der Waals surface area contributed by atoms with Crippen molar-refractivity contribution in [3.63, 3.8) is 0 Å². The van der Waals surface area contributed by atoms with Crippen LogP contribution < -0.4 is 16.3 Å². The second-order valence-corrected chi connectivity index (χ2v) is 12.4. The maximum absolute atomic E-state index is 10.7. The molecule has 134 valence electrons. The van der Waals surface area contributed by atoms with Crippen LogP contribution in [0.1, 0.15) is 0 Å². The van der Waals surface area contributed by atoms with Crippen LogP contribution in [0.25, 0.3) is 0 Å². The van der Waals surface area contributed by atoms with Crippen molar-refractivity contribution in [3.8, 4) is 0 Å². The fourth-order valence-corrected chi connectivity index (χ4v) is 6.32. The topological polar surface area (TPSA) is 47.4 Å². The molecule has 3 nitrogen and oxygen atoms in total. The van der Waals surface area contributed by atoms with Gasteiger partial charge in [0, 0.05) is 36.8 Å². The van der Waals surface area contributed by atoms with Gasteiger partial charge in [0.25, 0.3) is 0 Å². The van der Waals surface area contributed by atoms with E-state index in [1.807, 2.05) is 36.8 Å². The third-order valence-corrected chi connectivity index (χ3v) is 9.01. The molecule has 3 aromatic heterocycles. The van der Waals surface area contributed by atoms with Crippen LogP contribution in [-0.2, 0) is 0 Å². The SMILES string of the molecule is Br[P+](c1ccc[nH]1)(c1ccc[nH]1)c1ccc[nH]1.F[P-](F)(F)(F)(F)F. The van der Waals surface area contributed by atoms with E-state index in [9.17, 15) is 25.2 Å². The summed E-state index contributed by atoms with van der Waals surface area (Å²) < 4.78 is 59.2. The second-order valence-electron chi connectivity index (χ2n) is 4.71. The standard InChI is InChI=1S/C12H12BrN3P.F6P/c13-17(10-4-1-7-14-10,11-5-2-8-15-11)12-6-3-9-16-12;1-7(2,3,4,5)6/h1-9,14-16H;/q+1;-1. The molecule has 3 heterocycles. The van der Waals surface area contributed by atoms with E-state index in [-0.39, 0.29) is 0 Å². The first kappa shape index (κ1) is 19.1. The molecule has 0 amide bonds. The fraction of sp³-hybridized carbons (Fsp3) is 0. The van der Waals surface area contributed by atoms with Gasteiger partial charge in [-0.05, 0) is 18.2 Å². The molecule has 0 spiro atoms. The van der Waals surface area contributed by atoms with Crippen molar-refractivity contribution in [1.82, 2.24) is 15.0 Å². The summed E-state index contributed by atoms with van der Waals surface area (Å²) >= 11 is 3.96. The van der Waals surface area contributed by atoms with E-state index in [0.717, 1.165) is 0 Å². The number of aromatic amines is 3. The van der Waals surface area contributed by atoms with Gasteiger partial charge < -0.3 is 15.0 Å². The van der Waals surface area contributed by atoms with Crippen LogP contribution >= 0.6 is 29.3 Å². The van der Waals surface area contributed by atoms with E-state index in [1.165, 1.54) is 16.3 Å². The molecule has 0 unspecified atom stereocenters. The van der Waals surface area contributed by atoms with E-state index in [4.69, 9.17) is 0 Å². The zero-order valence-electron chi connectivity index (χ0n) is 11.7. The molecule has 12 heteroatoms. The van der Waals surface area contributed by atoms with Crippen molar-refractivity contribution >= 4 is 45.6 Å². The van der Waals surface area contributed by atoms with Crippen molar-refractivity contribution in [1.29, 1.82) is 0 Å². The first-order valence-corrected chi connectivity index (χ1v) is 12.2. The van der Waals surface area contributed by atoms with Gasteiger partial charge in [0.2, 0.25) is 5.96 Å². The minimum atomic E-state index is -10.7. The Morgan fingerprint density at radius 3 is 1.08 bits per heavy atom. The van der Waals surface area contributed by atoms with Crippen LogP contribution in [0.4, 0.5) is 25.2 Å². The molecule has 0 fully saturated rings. The normalized spacial score (nSPS) is 15.1. The Hall–Kier alpha value is -1.24. The van der Waals surface area contributed by atoms with Crippen LogP contribution in [0, 0.1) is 0 Å². The number of hydrogen-bond acceptors (Lipinski definition) is 0. The first-order valence-electron chi connectivity index (χ1n) is 6.34. The van der Waals surface area contributed by atoms with Gasteiger partial charge in [-0.3, -0.25) is 0 Å². The summed E-state index contributed by atoms with van der Waals surface area (Å²) in [5.41, 5.74) is 3.59. The molecule has 3 rings (SSSR count). The van der Waals surface area contributed by atoms with E-state index >= 15 is 0 Å². The zero-order chi connectivity index (χ0) is 18.1. The second kappa shape index (κ2) is 5.64. The molecule has 0 aliphatic carbocycles. The molecule has 0 aliphatic rings. The quantitative estimate of drug-likeness (QED) is 0.338. The Morgan fingerprint density at radius 1 is 0.667 bits per heavy atom. The molecule has 3 N–H and O–H groups in total. The van der Waals surface area contributed by atoms with E-state index in [2.05, 4.69) is 48.6 Å². The molecule has 0 bridgehead atoms. The van der Waals surface area contributed by atoms with Crippen molar-refractivity contribution in [2.45, 2.75) is 0 Å². The molecule has 0 saturated heterocycles. The van der Waals surface area contributed by atoms with Crippen molar-refractivity contribution in [2.75, 3.05) is 0 Å². The number of H-pyrrole nitrogens is 3. The van der Waals surface area contributed by atoms with E-state index < -0.39 is 13.8 Å². The predicted octanol–water partition coefficient (Wildman–Crippen LogP) is 5.66. The molecular weight excluding hydrogens is 442 g/mol. The molecule has 3 aromatic rings. The van der Waals surface area contributed by atoms with Crippen molar-refractivity contribution < 1.29 is 25.2 Å². The first-order chi connectivity index (χ1) is 10.8. The summed E-state index contributed by atoms with van der Waals surface area (Å²) in [5, 5.41) is 0. The van der Waals surface area contributed by atoms with Crippen LogP contribution in [0.15, 0.2) is 55.0 Å². The Morgan fingerprint density at radius 2 is 0.917 bits per heavy atom. The summed E-state index contributed by atoms with van der Waals surface area (Å²) in [4.78, 5) is 9.95. The third-order valence-electron chi connectivity index (χ3n) is 2.74. The summed E-state index contributed by atoms with van der Waals surface area (Å²) in [6.07, 6.45) is 5.87. The predicted molar refractivity (Wildman–Crippen MR) is 90.7 cm³/mol. The van der Waals surface area contributed by atoms with Gasteiger partial charge >= 0.3 is 33.0 Å². The van der Waals surface area contributed by atoms with Gasteiger partial charge in [0.1, 0.15) is 0 Å². The molecule has 0 aromatic carbocycles. The average molecular weight is 454 g/mol. The Kier molecular flexibility index (Phi) is 4.49. The molecule has 0 saturated carbocycles. The number of aromatic nitrogens is 3. The maximum atomic E-state index is 9.87. The van der Waals surface area contributed by atoms with Gasteiger partial charge in [-0.2, -0.15) is 0 Å². The molecule has 24 heavy (non-hydrogen) atoms. The van der Waals surface area contributed by atoms with Crippen LogP contribution in [0.5, 0.6) is 0 Å². The Labute approximate surface area is 141 Å². The summed E-state index contributed by atoms with van der Waals surface area (Å²) in [7, 11) is -10.7. The third kappa shape index (κ3) is 5.69. The number of nitrogens with one attached hydrogen (secondary N) is 3. The number of rotatable bonds is 3. The average Bonchev–Trinajstić information content (AvgIpc) is 3.16. The van der Waals surface area contributed by atoms with Gasteiger partial charge in [-0.1, -0.05) is 0 Å². The molecule has 0 radical (unpaired) electrons. The van der Waals surface area contributed by atoms with E-state index in [0.29, 0.717) is 0 Å². The monoisotopic (exact) mass is 453 g/mol. The molecular formula is C12H12BrF6N3P2. The Bertz CT molecular complexity index is 671. The van der Waals surface area contributed by atoms with Crippen LogP contribution in [0.3, 0.4) is 0 Å². The molecule has 0 atom stereocenters. The van der Waals surface area contributed by atoms with Crippen molar-refractivity contribution in [2.24, 2.45) is 0 Å². The van der Waals surface area contributed by atoms with Crippen molar-refractivity contribution in [3.05, 3.63) is 55.0 Å². The van der Waals surface area contributed by atoms with Gasteiger partial charge in [-0.15, -0.1) is 0 Å². The zero-order valence-corrected chi connectivity index (χ0v) is 15.1. The number of hydrogen-bond donors (Lipinski definition) is 3. The van der Waals surface area contributed by atoms with Gasteiger partial charge in [0.15, 0.2) is 31.8 Å². The molecule has 0 aliphatic heterocycles. The van der Waals surface area contributed by atoms with Crippen LogP contribution in [-0.4, -0.2) is 15.0 Å². The fourth-order valence-electron chi connectivity index (χ4n) is 1.93. The van der Waals surface area contributed by atoms with E-state index in [1.54, 1.807) is 0 Å². The summed E-state index contributed by atoms with van der Waals surface area (Å²) in [6, 6.07) is 12.4.